The molecule has 0 bridgehead atoms. The molecular weight excluding hydrogens is 287 g/mol. The number of amides is 2. The molecule has 0 spiro atoms. The van der Waals surface area contributed by atoms with Gasteiger partial charge in [-0.05, 0) is 6.42 Å². The molecule has 0 aromatic carbocycles. The molecule has 9 heteroatoms. The van der Waals surface area contributed by atoms with E-state index in [1.165, 1.54) is 12.3 Å². The SMILES string of the molecule is CC1CC(COP(O)O)OC1N(C)/C=C\C(=O)NC=O. The zero-order valence-corrected chi connectivity index (χ0v) is 12.2. The van der Waals surface area contributed by atoms with Gasteiger partial charge in [0.1, 0.15) is 6.23 Å². The van der Waals surface area contributed by atoms with Crippen molar-refractivity contribution in [1.29, 1.82) is 0 Å². The van der Waals surface area contributed by atoms with Gasteiger partial charge in [0, 0.05) is 25.2 Å². The van der Waals surface area contributed by atoms with Crippen molar-refractivity contribution in [3.05, 3.63) is 12.3 Å². The first-order chi connectivity index (χ1) is 9.43. The van der Waals surface area contributed by atoms with Crippen molar-refractivity contribution in [1.82, 2.24) is 10.2 Å². The molecule has 8 nitrogen and oxygen atoms in total. The molecule has 1 heterocycles. The first kappa shape index (κ1) is 17.0. The second-order valence-electron chi connectivity index (χ2n) is 4.52. The van der Waals surface area contributed by atoms with Crippen LogP contribution in [0.4, 0.5) is 0 Å². The molecule has 20 heavy (non-hydrogen) atoms. The third-order valence-corrected chi connectivity index (χ3v) is 3.27. The third-order valence-electron chi connectivity index (χ3n) is 2.89. The number of nitrogens with zero attached hydrogens (tertiary/aromatic N) is 1. The van der Waals surface area contributed by atoms with Gasteiger partial charge in [0.25, 0.3) is 5.91 Å². The van der Waals surface area contributed by atoms with Crippen molar-refractivity contribution in [3.8, 4) is 0 Å². The first-order valence-electron chi connectivity index (χ1n) is 6.04. The molecule has 1 aliphatic heterocycles. The van der Waals surface area contributed by atoms with Crippen LogP contribution in [0.1, 0.15) is 13.3 Å². The topological polar surface area (TPSA) is 108 Å². The Morgan fingerprint density at radius 2 is 2.30 bits per heavy atom. The monoisotopic (exact) mass is 306 g/mol. The van der Waals surface area contributed by atoms with E-state index in [1.807, 2.05) is 12.2 Å². The van der Waals surface area contributed by atoms with E-state index < -0.39 is 14.5 Å². The summed E-state index contributed by atoms with van der Waals surface area (Å²) in [4.78, 5) is 40.3. The van der Waals surface area contributed by atoms with Crippen molar-refractivity contribution in [3.63, 3.8) is 0 Å². The van der Waals surface area contributed by atoms with E-state index in [0.29, 0.717) is 12.8 Å². The van der Waals surface area contributed by atoms with Crippen LogP contribution in [0, 0.1) is 5.92 Å². The molecule has 1 rings (SSSR count). The van der Waals surface area contributed by atoms with Crippen LogP contribution in [0.5, 0.6) is 0 Å². The average Bonchev–Trinajstić information content (AvgIpc) is 2.75. The lowest BCUT2D eigenvalue weighted by molar-refractivity contribution is -0.121. The van der Waals surface area contributed by atoms with Gasteiger partial charge in [0.05, 0.1) is 12.7 Å². The van der Waals surface area contributed by atoms with Crippen LogP contribution in [0.15, 0.2) is 12.3 Å². The molecule has 0 aromatic heterocycles. The van der Waals surface area contributed by atoms with E-state index in [9.17, 15) is 9.59 Å². The normalized spacial score (nSPS) is 26.1. The van der Waals surface area contributed by atoms with Gasteiger partial charge in [-0.25, -0.2) is 0 Å². The second-order valence-corrected chi connectivity index (χ2v) is 5.28. The molecule has 0 radical (unpaired) electrons. The Balaban J connectivity index is 2.46. The number of hydrogen-bond donors (Lipinski definition) is 3. The summed E-state index contributed by atoms with van der Waals surface area (Å²) in [7, 11) is -0.624. The van der Waals surface area contributed by atoms with E-state index in [0.717, 1.165) is 0 Å². The summed E-state index contributed by atoms with van der Waals surface area (Å²) in [6, 6.07) is 0. The van der Waals surface area contributed by atoms with Gasteiger partial charge in [-0.15, -0.1) is 0 Å². The number of imide groups is 1. The minimum Gasteiger partial charge on any atom is -0.355 e. The van der Waals surface area contributed by atoms with Gasteiger partial charge in [-0.1, -0.05) is 6.92 Å². The molecular formula is C11H19N2O6P. The van der Waals surface area contributed by atoms with Crippen LogP contribution in [-0.2, 0) is 18.8 Å². The second kappa shape index (κ2) is 8.28. The van der Waals surface area contributed by atoms with E-state index in [2.05, 4.69) is 0 Å². The molecule has 0 aromatic rings. The van der Waals surface area contributed by atoms with E-state index in [4.69, 9.17) is 19.0 Å². The minimum atomic E-state index is -2.37. The summed E-state index contributed by atoms with van der Waals surface area (Å²) >= 11 is 0. The highest BCUT2D eigenvalue weighted by atomic mass is 31.2. The van der Waals surface area contributed by atoms with Crippen molar-refractivity contribution in [2.75, 3.05) is 13.7 Å². The predicted octanol–water partition coefficient (Wildman–Crippen LogP) is -0.316. The van der Waals surface area contributed by atoms with E-state index in [1.54, 1.807) is 11.9 Å². The number of nitrogens with one attached hydrogen (secondary N) is 1. The molecule has 3 N–H and O–H groups in total. The van der Waals surface area contributed by atoms with Gasteiger partial charge >= 0.3 is 8.60 Å². The zero-order chi connectivity index (χ0) is 15.1. The maximum atomic E-state index is 11.1. The highest BCUT2D eigenvalue weighted by molar-refractivity contribution is 7.39. The Labute approximate surface area is 118 Å². The Morgan fingerprint density at radius 3 is 2.90 bits per heavy atom. The smallest absolute Gasteiger partial charge is 0.327 e. The summed E-state index contributed by atoms with van der Waals surface area (Å²) < 4.78 is 10.5. The van der Waals surface area contributed by atoms with Crippen LogP contribution < -0.4 is 5.32 Å². The summed E-state index contributed by atoms with van der Waals surface area (Å²) in [5, 5.41) is 2.00. The van der Waals surface area contributed by atoms with Crippen molar-refractivity contribution in [2.45, 2.75) is 25.7 Å². The Hall–Kier alpha value is -1.05. The van der Waals surface area contributed by atoms with Gasteiger partial charge in [-0.3, -0.25) is 14.9 Å². The fourth-order valence-electron chi connectivity index (χ4n) is 2.05. The summed E-state index contributed by atoms with van der Waals surface area (Å²) in [6.45, 7) is 2.10. The molecule has 1 saturated heterocycles. The lowest BCUT2D eigenvalue weighted by Crippen LogP contribution is -2.32. The molecule has 3 atom stereocenters. The van der Waals surface area contributed by atoms with Gasteiger partial charge in [-0.2, -0.15) is 0 Å². The molecule has 3 unspecified atom stereocenters. The molecule has 0 aliphatic carbocycles. The molecule has 1 aliphatic rings. The number of rotatable bonds is 7. The third kappa shape index (κ3) is 5.52. The average molecular weight is 306 g/mol. The Kier molecular flexibility index (Phi) is 7.04. The quantitative estimate of drug-likeness (QED) is 0.336. The molecule has 1 fully saturated rings. The largest absolute Gasteiger partial charge is 0.355 e. The molecule has 0 saturated carbocycles. The standard InChI is InChI=1S/C11H19N2O6P/c1-8-5-9(6-18-20(16)17)19-11(8)13(2)4-3-10(15)12-7-14/h3-4,7-9,11,16-17H,5-6H2,1-2H3,(H,12,14,15)/b4-3-. The minimum absolute atomic E-state index is 0.114. The number of hydrogen-bond acceptors (Lipinski definition) is 7. The highest BCUT2D eigenvalue weighted by Gasteiger charge is 2.34. The van der Waals surface area contributed by atoms with E-state index in [-0.39, 0.29) is 24.9 Å². The molecule has 114 valence electrons. The number of ether oxygens (including phenoxy) is 1. The van der Waals surface area contributed by atoms with Crippen LogP contribution in [0.2, 0.25) is 0 Å². The van der Waals surface area contributed by atoms with Crippen LogP contribution in [-0.4, -0.2) is 53.0 Å². The van der Waals surface area contributed by atoms with Gasteiger partial charge < -0.3 is 23.9 Å². The lowest BCUT2D eigenvalue weighted by Gasteiger charge is -2.25. The summed E-state index contributed by atoms with van der Waals surface area (Å²) in [5.41, 5.74) is 0. The van der Waals surface area contributed by atoms with Crippen LogP contribution in [0.25, 0.3) is 0 Å². The fourth-order valence-corrected chi connectivity index (χ4v) is 2.35. The summed E-state index contributed by atoms with van der Waals surface area (Å²) in [6.07, 6.45) is 3.32. The summed E-state index contributed by atoms with van der Waals surface area (Å²) in [5.74, 6) is -0.320. The predicted molar refractivity (Wildman–Crippen MR) is 70.9 cm³/mol. The Morgan fingerprint density at radius 1 is 1.60 bits per heavy atom. The lowest BCUT2D eigenvalue weighted by atomic mass is 10.1. The first-order valence-corrected chi connectivity index (χ1v) is 7.21. The zero-order valence-electron chi connectivity index (χ0n) is 11.3. The van der Waals surface area contributed by atoms with Crippen molar-refractivity contribution >= 4 is 20.9 Å². The van der Waals surface area contributed by atoms with Crippen molar-refractivity contribution in [2.24, 2.45) is 5.92 Å². The number of carbonyl (C=O) groups excluding carboxylic acids is 2. The number of carbonyl (C=O) groups is 2. The van der Waals surface area contributed by atoms with Crippen LogP contribution >= 0.6 is 8.60 Å². The maximum absolute atomic E-state index is 11.1. The Bertz CT molecular complexity index is 365. The van der Waals surface area contributed by atoms with Crippen molar-refractivity contribution < 1.29 is 28.6 Å². The van der Waals surface area contributed by atoms with Gasteiger partial charge in [0.15, 0.2) is 0 Å². The maximum Gasteiger partial charge on any atom is 0.327 e. The van der Waals surface area contributed by atoms with Crippen LogP contribution in [0.3, 0.4) is 0 Å². The van der Waals surface area contributed by atoms with Gasteiger partial charge in [0.2, 0.25) is 6.41 Å². The highest BCUT2D eigenvalue weighted by Crippen LogP contribution is 2.31. The molecule has 2 amide bonds. The fraction of sp³-hybridized carbons (Fsp3) is 0.636. The van der Waals surface area contributed by atoms with E-state index >= 15 is 0 Å².